The van der Waals surface area contributed by atoms with Crippen molar-refractivity contribution in [3.8, 4) is 17.1 Å². The summed E-state index contributed by atoms with van der Waals surface area (Å²) >= 11 is 0. The van der Waals surface area contributed by atoms with Crippen molar-refractivity contribution in [2.24, 2.45) is 0 Å². The molecule has 42 heavy (non-hydrogen) atoms. The predicted octanol–water partition coefficient (Wildman–Crippen LogP) is 5.11. The van der Waals surface area contributed by atoms with Gasteiger partial charge in [0.05, 0.1) is 5.69 Å². The maximum Gasteiger partial charge on any atom is 0.248 e. The van der Waals surface area contributed by atoms with Gasteiger partial charge in [-0.1, -0.05) is 61.4 Å². The van der Waals surface area contributed by atoms with Crippen molar-refractivity contribution in [1.29, 1.82) is 0 Å². The minimum Gasteiger partial charge on any atom is -0.368 e. The first-order valence-electron chi connectivity index (χ1n) is 15.4. The van der Waals surface area contributed by atoms with Crippen molar-refractivity contribution in [2.75, 3.05) is 43.8 Å². The Morgan fingerprint density at radius 3 is 2.50 bits per heavy atom. The zero-order chi connectivity index (χ0) is 28.3. The summed E-state index contributed by atoms with van der Waals surface area (Å²) in [6, 6.07) is 19.6. The maximum atomic E-state index is 6.26. The topological polar surface area (TPSA) is 101 Å². The molecule has 1 saturated carbocycles. The lowest BCUT2D eigenvalue weighted by Gasteiger charge is -2.37. The van der Waals surface area contributed by atoms with Crippen molar-refractivity contribution in [3.63, 3.8) is 0 Å². The number of hydrogen-bond acceptors (Lipinski definition) is 8. The first-order chi connectivity index (χ1) is 20.7. The Bertz CT molecular complexity index is 1540. The van der Waals surface area contributed by atoms with Crippen molar-refractivity contribution in [2.45, 2.75) is 51.0 Å². The molecule has 7 rings (SSSR count). The van der Waals surface area contributed by atoms with E-state index < -0.39 is 0 Å². The number of nitrogens with one attached hydrogen (secondary N) is 1. The molecule has 0 atom stereocenters. The SMILES string of the molecule is Nc1nc(Nc2ccc(/C=C/CN3CCN(C4CCCC4)CC3)cc2)nn1-c1cc2c(nn1)-c1ccccc1CCC2. The molecule has 2 aliphatic carbocycles. The summed E-state index contributed by atoms with van der Waals surface area (Å²) < 4.78 is 1.55. The van der Waals surface area contributed by atoms with Gasteiger partial charge in [0.1, 0.15) is 0 Å². The molecular weight excluding hydrogens is 522 g/mol. The van der Waals surface area contributed by atoms with Crippen LogP contribution in [0.1, 0.15) is 48.8 Å². The second kappa shape index (κ2) is 12.0. The molecule has 0 spiro atoms. The fraction of sp³-hybridized carbons (Fsp3) is 0.394. The second-order valence-corrected chi connectivity index (χ2v) is 11.7. The number of aromatic nitrogens is 5. The maximum absolute atomic E-state index is 6.26. The van der Waals surface area contributed by atoms with Crippen LogP contribution in [0.5, 0.6) is 0 Å². The monoisotopic (exact) mass is 561 g/mol. The van der Waals surface area contributed by atoms with E-state index in [4.69, 9.17) is 5.73 Å². The van der Waals surface area contributed by atoms with E-state index in [1.807, 2.05) is 18.2 Å². The number of hydrogen-bond donors (Lipinski definition) is 2. The first kappa shape index (κ1) is 26.8. The van der Waals surface area contributed by atoms with Gasteiger partial charge in [0, 0.05) is 50.0 Å². The number of fused-ring (bicyclic) bond motifs is 3. The van der Waals surface area contributed by atoms with Gasteiger partial charge in [-0.3, -0.25) is 9.80 Å². The van der Waals surface area contributed by atoms with Crippen molar-refractivity contribution < 1.29 is 0 Å². The highest BCUT2D eigenvalue weighted by Gasteiger charge is 2.25. The van der Waals surface area contributed by atoms with Crippen LogP contribution < -0.4 is 11.1 Å². The fourth-order valence-corrected chi connectivity index (χ4v) is 6.65. The Labute approximate surface area is 247 Å². The van der Waals surface area contributed by atoms with Crippen LogP contribution >= 0.6 is 0 Å². The quantitative estimate of drug-likeness (QED) is 0.321. The summed E-state index contributed by atoms with van der Waals surface area (Å²) in [5.41, 5.74) is 12.9. The zero-order valence-electron chi connectivity index (χ0n) is 24.1. The van der Waals surface area contributed by atoms with E-state index in [-0.39, 0.29) is 5.95 Å². The molecule has 3 N–H and O–H groups in total. The third-order valence-corrected chi connectivity index (χ3v) is 8.96. The van der Waals surface area contributed by atoms with Gasteiger partial charge in [0.15, 0.2) is 5.82 Å². The molecule has 216 valence electrons. The van der Waals surface area contributed by atoms with Crippen LogP contribution in [0.15, 0.2) is 60.7 Å². The molecule has 3 heterocycles. The molecule has 4 aromatic rings. The molecule has 0 unspecified atom stereocenters. The average molecular weight is 562 g/mol. The molecule has 1 saturated heterocycles. The molecule has 0 radical (unpaired) electrons. The lowest BCUT2D eigenvalue weighted by atomic mass is 10.0. The summed E-state index contributed by atoms with van der Waals surface area (Å²) in [5.74, 6) is 1.27. The van der Waals surface area contributed by atoms with E-state index >= 15 is 0 Å². The zero-order valence-corrected chi connectivity index (χ0v) is 24.1. The van der Waals surface area contributed by atoms with Crippen molar-refractivity contribution >= 4 is 23.7 Å². The van der Waals surface area contributed by atoms with Gasteiger partial charge in [-0.25, -0.2) is 0 Å². The van der Waals surface area contributed by atoms with Gasteiger partial charge in [-0.2, -0.15) is 9.67 Å². The van der Waals surface area contributed by atoms with Crippen molar-refractivity contribution in [1.82, 2.24) is 34.8 Å². The third-order valence-electron chi connectivity index (χ3n) is 8.96. The second-order valence-electron chi connectivity index (χ2n) is 11.7. The summed E-state index contributed by atoms with van der Waals surface area (Å²) in [5, 5.41) is 16.9. The van der Waals surface area contributed by atoms with Gasteiger partial charge in [-0.15, -0.1) is 15.3 Å². The molecule has 3 aliphatic rings. The summed E-state index contributed by atoms with van der Waals surface area (Å²) in [4.78, 5) is 9.70. The van der Waals surface area contributed by atoms with E-state index in [1.54, 1.807) is 4.68 Å². The highest BCUT2D eigenvalue weighted by molar-refractivity contribution is 5.68. The number of rotatable bonds is 7. The van der Waals surface area contributed by atoms with Crippen molar-refractivity contribution in [3.05, 3.63) is 77.4 Å². The highest BCUT2D eigenvalue weighted by atomic mass is 15.4. The van der Waals surface area contributed by atoms with Gasteiger partial charge < -0.3 is 11.1 Å². The normalized spacial score (nSPS) is 18.2. The van der Waals surface area contributed by atoms with E-state index in [2.05, 4.69) is 83.9 Å². The minimum atomic E-state index is 0.268. The molecule has 1 aliphatic heterocycles. The van der Waals surface area contributed by atoms with Crippen LogP contribution in [0.2, 0.25) is 0 Å². The van der Waals surface area contributed by atoms with Gasteiger partial charge in [-0.05, 0) is 67.0 Å². The number of nitrogen functional groups attached to an aromatic ring is 1. The number of nitrogens with two attached hydrogens (primary N) is 1. The summed E-state index contributed by atoms with van der Waals surface area (Å²) in [7, 11) is 0. The Balaban J connectivity index is 0.962. The highest BCUT2D eigenvalue weighted by Crippen LogP contribution is 2.31. The molecule has 2 aromatic heterocycles. The van der Waals surface area contributed by atoms with Crippen LogP contribution in [0, 0.1) is 0 Å². The largest absolute Gasteiger partial charge is 0.368 e. The number of piperazine rings is 1. The van der Waals surface area contributed by atoms with Crippen LogP contribution in [-0.4, -0.2) is 73.5 Å². The van der Waals surface area contributed by atoms with Crippen LogP contribution in [-0.2, 0) is 12.8 Å². The lowest BCUT2D eigenvalue weighted by molar-refractivity contribution is 0.105. The van der Waals surface area contributed by atoms with E-state index in [0.717, 1.165) is 67.4 Å². The van der Waals surface area contributed by atoms with Gasteiger partial charge in [0.25, 0.3) is 0 Å². The molecule has 9 nitrogen and oxygen atoms in total. The lowest BCUT2D eigenvalue weighted by Crippen LogP contribution is -2.49. The number of nitrogens with zero attached hydrogens (tertiary/aromatic N) is 7. The Morgan fingerprint density at radius 1 is 0.881 bits per heavy atom. The third kappa shape index (κ3) is 5.80. The van der Waals surface area contributed by atoms with E-state index in [0.29, 0.717) is 11.8 Å². The van der Waals surface area contributed by atoms with Crippen LogP contribution in [0.3, 0.4) is 0 Å². The average Bonchev–Trinajstić information content (AvgIpc) is 3.65. The van der Waals surface area contributed by atoms with Gasteiger partial charge >= 0.3 is 0 Å². The molecule has 0 amide bonds. The minimum absolute atomic E-state index is 0.268. The molecule has 9 heteroatoms. The Morgan fingerprint density at radius 2 is 1.67 bits per heavy atom. The number of aryl methyl sites for hydroxylation is 2. The molecule has 2 fully saturated rings. The standard InChI is InChI=1S/C33H39N9/c34-32-36-33(39-42(32)30-23-26-10-5-9-25-8-1-4-13-29(25)31(26)38-37-30)35-27-16-14-24(15-17-27)7-6-18-40-19-21-41(22-20-40)28-11-2-3-12-28/h1,4,6-8,13-17,23,28H,2-3,5,9-12,18-22H2,(H3,34,35,36,39)/b7-6+. The summed E-state index contributed by atoms with van der Waals surface area (Å²) in [6.07, 6.45) is 13.1. The number of benzene rings is 2. The Hall–Kier alpha value is -4.08. The molecule has 0 bridgehead atoms. The molecular formula is C33H39N9. The van der Waals surface area contributed by atoms with E-state index in [9.17, 15) is 0 Å². The summed E-state index contributed by atoms with van der Waals surface area (Å²) in [6.45, 7) is 5.74. The first-order valence-corrected chi connectivity index (χ1v) is 15.4. The van der Waals surface area contributed by atoms with Gasteiger partial charge in [0.2, 0.25) is 11.9 Å². The molecule has 2 aromatic carbocycles. The number of anilines is 3. The van der Waals surface area contributed by atoms with Crippen LogP contribution in [0.4, 0.5) is 17.6 Å². The van der Waals surface area contributed by atoms with Crippen LogP contribution in [0.25, 0.3) is 23.2 Å². The fourth-order valence-electron chi connectivity index (χ4n) is 6.65. The smallest absolute Gasteiger partial charge is 0.248 e. The Kier molecular flexibility index (Phi) is 7.68. The predicted molar refractivity (Wildman–Crippen MR) is 168 cm³/mol. The van der Waals surface area contributed by atoms with E-state index in [1.165, 1.54) is 49.9 Å².